The summed E-state index contributed by atoms with van der Waals surface area (Å²) in [5.74, 6) is -4.24. The van der Waals surface area contributed by atoms with E-state index in [0.29, 0.717) is 70.5 Å². The predicted molar refractivity (Wildman–Crippen MR) is 238 cm³/mol. The van der Waals surface area contributed by atoms with Crippen molar-refractivity contribution in [2.75, 3.05) is 66.8 Å². The zero-order valence-corrected chi connectivity index (χ0v) is 40.9. The molecule has 67 heavy (non-hydrogen) atoms. The van der Waals surface area contributed by atoms with Crippen LogP contribution in [0.25, 0.3) is 0 Å². The van der Waals surface area contributed by atoms with E-state index >= 15 is 0 Å². The van der Waals surface area contributed by atoms with Crippen LogP contribution < -0.4 is 20.8 Å². The number of nitrogens with zero attached hydrogens (tertiary/aromatic N) is 6. The minimum atomic E-state index is -1.28. The number of halogens is 4. The van der Waals surface area contributed by atoms with E-state index in [2.05, 4.69) is 30.6 Å². The summed E-state index contributed by atoms with van der Waals surface area (Å²) in [4.78, 5) is 70.2. The van der Waals surface area contributed by atoms with Gasteiger partial charge in [-0.05, 0) is 24.3 Å². The van der Waals surface area contributed by atoms with Gasteiger partial charge in [-0.25, -0.2) is 28.3 Å². The maximum Gasteiger partial charge on any atom is 2.00 e. The number of carboxylic acid groups (broad SMARTS) is 2. The van der Waals surface area contributed by atoms with E-state index in [-0.39, 0.29) is 85.2 Å². The Morgan fingerprint density at radius 2 is 1.13 bits per heavy atom. The fraction of sp³-hybridized carbons (Fsp3) is 0.333. The number of hydrogen-bond acceptors (Lipinski definition) is 20. The number of aliphatic carboxylic acids is 2. The first-order valence-corrected chi connectivity index (χ1v) is 22.4. The number of carbonyl (C=O) groups is 4. The van der Waals surface area contributed by atoms with Crippen molar-refractivity contribution in [2.45, 2.75) is 24.2 Å². The summed E-state index contributed by atoms with van der Waals surface area (Å²) >= 11 is 15.3. The Morgan fingerprint density at radius 1 is 0.731 bits per heavy atom. The standard InChI is InChI=1S/2C21H20ClFN4O5S.Ca/c2*1-31-21(30)16-14(9-27-5-6-32-10-15(27)20(28)29)25-18(19-24-4-7-33-19)26-17(16)12-3-2-11(23)8-13(12)22;/h2*2-4,7-8,15,17H,5-6,9-10H2,1H3,(H,25,26)(H,28,29);/q;;+2/p-2/t2*15-,17-;/m00./s1. The summed E-state index contributed by atoms with van der Waals surface area (Å²) in [7, 11) is 2.46. The average Bonchev–Trinajstić information content (AvgIpc) is 4.05. The number of hydrogen-bond donors (Lipinski definition) is 2. The van der Waals surface area contributed by atoms with Crippen LogP contribution in [0.15, 0.2) is 92.1 Å². The molecule has 2 aromatic carbocycles. The van der Waals surface area contributed by atoms with Gasteiger partial charge in [0.1, 0.15) is 23.7 Å². The molecular weight excluding hydrogens is 990 g/mol. The Kier molecular flexibility index (Phi) is 18.4. The molecule has 6 heterocycles. The van der Waals surface area contributed by atoms with Gasteiger partial charge in [0, 0.05) is 81.9 Å². The van der Waals surface area contributed by atoms with Crippen LogP contribution in [0.5, 0.6) is 0 Å². The molecule has 4 aromatic rings. The van der Waals surface area contributed by atoms with Gasteiger partial charge in [0.05, 0.1) is 75.8 Å². The molecule has 0 aliphatic carbocycles. The van der Waals surface area contributed by atoms with Crippen LogP contribution in [0.1, 0.15) is 33.2 Å². The molecule has 0 bridgehead atoms. The maximum absolute atomic E-state index is 13.7. The van der Waals surface area contributed by atoms with E-state index in [1.54, 1.807) is 33.0 Å². The molecule has 0 saturated carbocycles. The fourth-order valence-electron chi connectivity index (χ4n) is 7.43. The number of morpholine rings is 2. The maximum atomic E-state index is 13.7. The second-order valence-corrected chi connectivity index (χ2v) is 17.1. The number of benzene rings is 2. The molecule has 2 N–H and O–H groups in total. The molecular formula is C42H38CaCl2F2N8O10S2. The number of amidine groups is 2. The van der Waals surface area contributed by atoms with Crippen LogP contribution in [-0.2, 0) is 38.1 Å². The quantitative estimate of drug-likeness (QED) is 0.151. The molecule has 4 aliphatic heterocycles. The first-order chi connectivity index (χ1) is 31.8. The van der Waals surface area contributed by atoms with Crippen LogP contribution in [0.3, 0.4) is 0 Å². The van der Waals surface area contributed by atoms with E-state index < -0.39 is 59.7 Å². The van der Waals surface area contributed by atoms with E-state index in [4.69, 9.17) is 42.1 Å². The number of nitrogens with one attached hydrogen (secondary N) is 2. The number of ether oxygens (including phenoxy) is 4. The van der Waals surface area contributed by atoms with E-state index in [9.17, 15) is 38.2 Å². The molecule has 18 nitrogen and oxygen atoms in total. The second-order valence-electron chi connectivity index (χ2n) is 14.5. The zero-order valence-electron chi connectivity index (χ0n) is 35.5. The molecule has 4 atom stereocenters. The van der Waals surface area contributed by atoms with Crippen molar-refractivity contribution in [3.63, 3.8) is 0 Å². The summed E-state index contributed by atoms with van der Waals surface area (Å²) in [6.07, 6.45) is 3.22. The predicted octanol–water partition coefficient (Wildman–Crippen LogP) is 1.43. The van der Waals surface area contributed by atoms with Crippen LogP contribution in [0, 0.1) is 11.6 Å². The summed E-state index contributed by atoms with van der Waals surface area (Å²) < 4.78 is 48.0. The van der Waals surface area contributed by atoms with E-state index in [1.807, 2.05) is 0 Å². The number of carbonyl (C=O) groups excluding carboxylic acids is 4. The number of methoxy groups -OCH3 is 2. The van der Waals surface area contributed by atoms with Crippen molar-refractivity contribution >= 4 is 119 Å². The molecule has 0 radical (unpaired) electrons. The topological polar surface area (TPSA) is 232 Å². The van der Waals surface area contributed by atoms with Gasteiger partial charge in [0.15, 0.2) is 21.7 Å². The minimum absolute atomic E-state index is 0. The third-order valence-corrected chi connectivity index (χ3v) is 12.8. The van der Waals surface area contributed by atoms with Crippen molar-refractivity contribution in [3.8, 4) is 0 Å². The van der Waals surface area contributed by atoms with Crippen molar-refractivity contribution in [2.24, 2.45) is 9.98 Å². The minimum Gasteiger partial charge on any atom is -0.548 e. The normalized spacial score (nSPS) is 21.0. The van der Waals surface area contributed by atoms with Crippen LogP contribution in [0.2, 0.25) is 10.0 Å². The van der Waals surface area contributed by atoms with Crippen LogP contribution in [0.4, 0.5) is 8.78 Å². The Hall–Kier alpha value is -4.46. The molecule has 2 fully saturated rings. The Balaban J connectivity index is 0.000000218. The van der Waals surface area contributed by atoms with Gasteiger partial charge in [0.2, 0.25) is 0 Å². The average molecular weight is 1030 g/mol. The van der Waals surface area contributed by atoms with Gasteiger partial charge in [-0.2, -0.15) is 0 Å². The molecule has 25 heteroatoms. The number of aromatic nitrogens is 2. The first-order valence-electron chi connectivity index (χ1n) is 19.8. The van der Waals surface area contributed by atoms with Gasteiger partial charge in [0.25, 0.3) is 0 Å². The molecule has 0 unspecified atom stereocenters. The third kappa shape index (κ3) is 12.2. The van der Waals surface area contributed by atoms with E-state index in [0.717, 1.165) is 12.1 Å². The summed E-state index contributed by atoms with van der Waals surface area (Å²) in [6, 6.07) is 3.79. The molecule has 2 aromatic heterocycles. The third-order valence-electron chi connectivity index (χ3n) is 10.6. The Bertz CT molecular complexity index is 2430. The number of carboxylic acids is 2. The Morgan fingerprint density at radius 3 is 1.46 bits per heavy atom. The van der Waals surface area contributed by atoms with E-state index in [1.165, 1.54) is 61.2 Å². The largest absolute Gasteiger partial charge is 2.00 e. The molecule has 0 amide bonds. The van der Waals surface area contributed by atoms with Crippen molar-refractivity contribution in [1.82, 2.24) is 30.4 Å². The summed E-state index contributed by atoms with van der Waals surface area (Å²) in [6.45, 7) is 1.29. The fourth-order valence-corrected chi connectivity index (χ4v) is 9.15. The summed E-state index contributed by atoms with van der Waals surface area (Å²) in [5.41, 5.74) is 1.81. The monoisotopic (exact) mass is 1030 g/mol. The number of aliphatic imine (C=N–C) groups is 2. The SMILES string of the molecule is COC(=O)C1=C(CN2CCOC[C@H]2C(=O)[O-])NC(c2nccs2)=N[C@H]1c1ccc(F)cc1Cl.COC(=O)C1=C(CN2CCOC[C@H]2C(=O)[O-])NC(c2nccs2)=N[C@H]1c1ccc(F)cc1Cl.[Ca+2]. The zero-order chi connectivity index (χ0) is 47.1. The van der Waals surface area contributed by atoms with Crippen LogP contribution >= 0.6 is 45.9 Å². The molecule has 0 spiro atoms. The van der Waals surface area contributed by atoms with Crippen molar-refractivity contribution in [1.29, 1.82) is 0 Å². The molecule has 4 aliphatic rings. The second kappa shape index (κ2) is 23.7. The molecule has 348 valence electrons. The molecule has 8 rings (SSSR count). The number of esters is 2. The number of thiazole rings is 2. The van der Waals surface area contributed by atoms with Gasteiger partial charge in [-0.15, -0.1) is 22.7 Å². The van der Waals surface area contributed by atoms with Gasteiger partial charge in [-0.3, -0.25) is 19.8 Å². The van der Waals surface area contributed by atoms with Gasteiger partial charge >= 0.3 is 49.7 Å². The first kappa shape index (κ1) is 51.9. The summed E-state index contributed by atoms with van der Waals surface area (Å²) in [5, 5.41) is 34.4. The van der Waals surface area contributed by atoms with Crippen molar-refractivity contribution in [3.05, 3.63) is 125 Å². The Labute approximate surface area is 429 Å². The van der Waals surface area contributed by atoms with Crippen LogP contribution in [-0.4, -0.2) is 172 Å². The van der Waals surface area contributed by atoms with Crippen molar-refractivity contribution < 1.29 is 57.1 Å². The smallest absolute Gasteiger partial charge is 0.548 e. The van der Waals surface area contributed by atoms with Gasteiger partial charge in [-0.1, -0.05) is 35.3 Å². The number of rotatable bonds is 12. The van der Waals surface area contributed by atoms with Gasteiger partial charge < -0.3 is 49.4 Å². The molecule has 2 saturated heterocycles.